The molecule has 1 aliphatic heterocycles. The van der Waals surface area contributed by atoms with E-state index in [1.54, 1.807) is 21.1 Å². The van der Waals surface area contributed by atoms with Crippen LogP contribution in [0.4, 0.5) is 0 Å². The number of aryl methyl sites for hydroxylation is 2. The first-order valence-electron chi connectivity index (χ1n) is 9.57. The largest absolute Gasteiger partial charge is 0.293 e. The van der Waals surface area contributed by atoms with Crippen molar-refractivity contribution in [1.82, 2.24) is 29.4 Å². The monoisotopic (exact) mass is 412 g/mol. The second-order valence-electron chi connectivity index (χ2n) is 7.27. The summed E-state index contributed by atoms with van der Waals surface area (Å²) in [5, 5.41) is 12.0. The first-order valence-corrected chi connectivity index (χ1v) is 11.0. The van der Waals surface area contributed by atoms with E-state index in [4.69, 9.17) is 0 Å². The first-order chi connectivity index (χ1) is 13.9. The van der Waals surface area contributed by atoms with Gasteiger partial charge in [0.05, 0.1) is 17.1 Å². The molecule has 29 heavy (non-hydrogen) atoms. The molecular weight excluding hydrogens is 388 g/mol. The molecule has 9 heteroatoms. The molecule has 0 bridgehead atoms. The van der Waals surface area contributed by atoms with Crippen molar-refractivity contribution in [3.05, 3.63) is 65.5 Å². The normalized spacial score (nSPS) is 16.2. The number of hydrogen-bond acceptors (Lipinski definition) is 6. The molecule has 0 atom stereocenters. The molecule has 2 heterocycles. The van der Waals surface area contributed by atoms with Crippen molar-refractivity contribution in [3.8, 4) is 5.69 Å². The van der Waals surface area contributed by atoms with Gasteiger partial charge in [0.25, 0.3) is 0 Å². The van der Waals surface area contributed by atoms with Crippen LogP contribution in [0.25, 0.3) is 5.69 Å². The van der Waals surface area contributed by atoms with Crippen LogP contribution in [0.2, 0.25) is 0 Å². The van der Waals surface area contributed by atoms with Crippen LogP contribution in [0.3, 0.4) is 0 Å². The smallest absolute Gasteiger partial charge is 0.243 e. The number of sulfonamides is 1. The molecule has 0 spiro atoms. The number of benzene rings is 2. The lowest BCUT2D eigenvalue weighted by Gasteiger charge is -2.33. The van der Waals surface area contributed by atoms with Gasteiger partial charge in [0.2, 0.25) is 10.0 Å². The van der Waals surface area contributed by atoms with Gasteiger partial charge in [-0.1, -0.05) is 24.3 Å². The summed E-state index contributed by atoms with van der Waals surface area (Å²) in [6.07, 6.45) is 0. The number of para-hydroxylation sites is 1. The van der Waals surface area contributed by atoms with Crippen molar-refractivity contribution in [2.75, 3.05) is 26.2 Å². The molecule has 0 unspecified atom stereocenters. The van der Waals surface area contributed by atoms with Crippen molar-refractivity contribution < 1.29 is 8.42 Å². The molecule has 1 aliphatic rings. The van der Waals surface area contributed by atoms with Gasteiger partial charge in [-0.3, -0.25) is 4.90 Å². The average Bonchev–Trinajstić information content (AvgIpc) is 3.19. The molecule has 1 saturated heterocycles. The van der Waals surface area contributed by atoms with Gasteiger partial charge in [0.15, 0.2) is 5.82 Å². The molecule has 3 aromatic rings. The highest BCUT2D eigenvalue weighted by Gasteiger charge is 2.29. The molecule has 1 aromatic heterocycles. The zero-order valence-electron chi connectivity index (χ0n) is 16.6. The molecule has 0 aliphatic carbocycles. The van der Waals surface area contributed by atoms with Crippen molar-refractivity contribution in [2.45, 2.75) is 25.3 Å². The second kappa shape index (κ2) is 8.02. The van der Waals surface area contributed by atoms with Crippen LogP contribution in [0, 0.1) is 13.8 Å². The maximum atomic E-state index is 13.0. The van der Waals surface area contributed by atoms with E-state index >= 15 is 0 Å². The highest BCUT2D eigenvalue weighted by molar-refractivity contribution is 7.89. The van der Waals surface area contributed by atoms with E-state index in [2.05, 4.69) is 20.4 Å². The Hall–Kier alpha value is -2.62. The fraction of sp³-hybridized carbons (Fsp3) is 0.350. The van der Waals surface area contributed by atoms with Gasteiger partial charge in [0, 0.05) is 26.2 Å². The van der Waals surface area contributed by atoms with Crippen LogP contribution in [-0.2, 0) is 16.6 Å². The third-order valence-electron chi connectivity index (χ3n) is 5.35. The van der Waals surface area contributed by atoms with Crippen LogP contribution in [0.1, 0.15) is 17.0 Å². The number of tetrazole rings is 1. The predicted molar refractivity (Wildman–Crippen MR) is 109 cm³/mol. The van der Waals surface area contributed by atoms with Crippen LogP contribution in [0.15, 0.2) is 53.4 Å². The molecule has 152 valence electrons. The molecule has 1 fully saturated rings. The number of aromatic nitrogens is 4. The van der Waals surface area contributed by atoms with E-state index in [0.29, 0.717) is 37.6 Å². The van der Waals surface area contributed by atoms with Crippen LogP contribution >= 0.6 is 0 Å². The second-order valence-corrected chi connectivity index (χ2v) is 9.21. The Kier molecular flexibility index (Phi) is 5.44. The third-order valence-corrected chi connectivity index (χ3v) is 7.24. The predicted octanol–water partition coefficient (Wildman–Crippen LogP) is 1.79. The lowest BCUT2D eigenvalue weighted by atomic mass is 10.1. The van der Waals surface area contributed by atoms with Gasteiger partial charge in [-0.25, -0.2) is 8.42 Å². The van der Waals surface area contributed by atoms with E-state index in [-0.39, 0.29) is 0 Å². The minimum Gasteiger partial charge on any atom is -0.293 e. The van der Waals surface area contributed by atoms with Gasteiger partial charge >= 0.3 is 0 Å². The zero-order chi connectivity index (χ0) is 20.4. The van der Waals surface area contributed by atoms with E-state index in [0.717, 1.165) is 22.6 Å². The summed E-state index contributed by atoms with van der Waals surface area (Å²) in [7, 11) is -3.48. The Balaban J connectivity index is 1.43. The Morgan fingerprint density at radius 3 is 2.34 bits per heavy atom. The Morgan fingerprint density at radius 2 is 1.66 bits per heavy atom. The maximum Gasteiger partial charge on any atom is 0.243 e. The lowest BCUT2D eigenvalue weighted by Crippen LogP contribution is -2.48. The molecule has 8 nitrogen and oxygen atoms in total. The summed E-state index contributed by atoms with van der Waals surface area (Å²) in [4.78, 5) is 2.54. The van der Waals surface area contributed by atoms with E-state index < -0.39 is 10.0 Å². The van der Waals surface area contributed by atoms with Gasteiger partial charge in [-0.15, -0.1) is 5.10 Å². The van der Waals surface area contributed by atoms with E-state index in [9.17, 15) is 8.42 Å². The van der Waals surface area contributed by atoms with Crippen molar-refractivity contribution in [3.63, 3.8) is 0 Å². The average molecular weight is 413 g/mol. The van der Waals surface area contributed by atoms with Gasteiger partial charge in [-0.2, -0.15) is 8.99 Å². The third kappa shape index (κ3) is 4.07. The summed E-state index contributed by atoms with van der Waals surface area (Å²) in [5.74, 6) is 0.738. The van der Waals surface area contributed by atoms with Crippen LogP contribution in [0.5, 0.6) is 0 Å². The van der Waals surface area contributed by atoms with Crippen molar-refractivity contribution in [2.24, 2.45) is 0 Å². The summed E-state index contributed by atoms with van der Waals surface area (Å²) in [6.45, 7) is 6.64. The van der Waals surface area contributed by atoms with Gasteiger partial charge in [0.1, 0.15) is 0 Å². The Labute approximate surface area is 170 Å². The number of rotatable bonds is 5. The number of piperazine rings is 1. The van der Waals surface area contributed by atoms with Crippen molar-refractivity contribution >= 4 is 10.0 Å². The highest BCUT2D eigenvalue weighted by atomic mass is 32.2. The maximum absolute atomic E-state index is 13.0. The van der Waals surface area contributed by atoms with Crippen LogP contribution in [-0.4, -0.2) is 64.0 Å². The summed E-state index contributed by atoms with van der Waals surface area (Å²) in [6, 6.07) is 15.0. The summed E-state index contributed by atoms with van der Waals surface area (Å²) >= 11 is 0. The molecule has 0 N–H and O–H groups in total. The summed E-state index contributed by atoms with van der Waals surface area (Å²) < 4.78 is 29.3. The van der Waals surface area contributed by atoms with E-state index in [1.165, 1.54) is 0 Å². The summed E-state index contributed by atoms with van der Waals surface area (Å²) in [5.41, 5.74) is 2.98. The van der Waals surface area contributed by atoms with Gasteiger partial charge in [-0.05, 0) is 59.7 Å². The Morgan fingerprint density at radius 1 is 0.931 bits per heavy atom. The molecule has 0 amide bonds. The quantitative estimate of drug-likeness (QED) is 0.635. The number of hydrogen-bond donors (Lipinski definition) is 0. The van der Waals surface area contributed by atoms with Crippen LogP contribution < -0.4 is 0 Å². The zero-order valence-corrected chi connectivity index (χ0v) is 17.4. The van der Waals surface area contributed by atoms with Gasteiger partial charge < -0.3 is 0 Å². The Bertz CT molecular complexity index is 1090. The van der Waals surface area contributed by atoms with E-state index in [1.807, 2.05) is 50.2 Å². The fourth-order valence-electron chi connectivity index (χ4n) is 3.43. The minimum absolute atomic E-state index is 0.363. The molecule has 4 rings (SSSR count). The lowest BCUT2D eigenvalue weighted by molar-refractivity contribution is 0.177. The standard InChI is InChI=1S/C20H24N6O2S/c1-16-8-9-19(14-17(16)2)29(27,28)25-12-10-24(11-13-25)15-20-21-22-23-26(20)18-6-4-3-5-7-18/h3-9,14H,10-13,15H2,1-2H3. The number of nitrogens with zero attached hydrogens (tertiary/aromatic N) is 6. The SMILES string of the molecule is Cc1ccc(S(=O)(=O)N2CCN(Cc3nnnn3-c3ccccc3)CC2)cc1C. The molecule has 0 saturated carbocycles. The minimum atomic E-state index is -3.48. The van der Waals surface area contributed by atoms with Crippen molar-refractivity contribution in [1.29, 1.82) is 0 Å². The molecule has 2 aromatic carbocycles. The molecular formula is C20H24N6O2S. The topological polar surface area (TPSA) is 84.2 Å². The molecule has 0 radical (unpaired) electrons. The highest BCUT2D eigenvalue weighted by Crippen LogP contribution is 2.21. The fourth-order valence-corrected chi connectivity index (χ4v) is 4.93. The first kappa shape index (κ1) is 19.7.